The first-order valence-corrected chi connectivity index (χ1v) is 6.78. The Morgan fingerprint density at radius 1 is 1.05 bits per heavy atom. The van der Waals surface area contributed by atoms with E-state index in [-0.39, 0.29) is 5.82 Å². The zero-order valence-corrected chi connectivity index (χ0v) is 12.7. The van der Waals surface area contributed by atoms with E-state index in [1.165, 1.54) is 18.2 Å². The van der Waals surface area contributed by atoms with E-state index in [1.807, 2.05) is 0 Å². The molecule has 0 bridgehead atoms. The van der Waals surface area contributed by atoms with Gasteiger partial charge in [0.2, 0.25) is 5.91 Å². The Hall–Kier alpha value is -1.40. The highest BCUT2D eigenvalue weighted by Crippen LogP contribution is 2.34. The molecule has 98 valence electrons. The number of rotatable bonds is 3. The van der Waals surface area contributed by atoms with Crippen molar-refractivity contribution in [2.75, 3.05) is 0 Å². The summed E-state index contributed by atoms with van der Waals surface area (Å²) >= 11 is 6.50. The van der Waals surface area contributed by atoms with E-state index in [2.05, 4.69) is 31.9 Å². The summed E-state index contributed by atoms with van der Waals surface area (Å²) < 4.78 is 19.7. The van der Waals surface area contributed by atoms with Crippen molar-refractivity contribution in [1.82, 2.24) is 0 Å². The second-order valence-electron chi connectivity index (χ2n) is 3.69. The maximum Gasteiger partial charge on any atom is 0.248 e. The lowest BCUT2D eigenvalue weighted by Crippen LogP contribution is -2.10. The largest absolute Gasteiger partial charge is 0.455 e. The molecule has 0 saturated heterocycles. The van der Waals surface area contributed by atoms with Crippen molar-refractivity contribution in [3.63, 3.8) is 0 Å². The minimum atomic E-state index is -0.518. The smallest absolute Gasteiger partial charge is 0.248 e. The molecular weight excluding hydrogens is 381 g/mol. The van der Waals surface area contributed by atoms with Crippen LogP contribution in [0.1, 0.15) is 10.4 Å². The topological polar surface area (TPSA) is 52.3 Å². The van der Waals surface area contributed by atoms with Crippen LogP contribution in [0, 0.1) is 5.82 Å². The molecule has 0 spiro atoms. The fraction of sp³-hybridized carbons (Fsp3) is 0. The molecule has 0 aliphatic carbocycles. The van der Waals surface area contributed by atoms with Gasteiger partial charge in [-0.25, -0.2) is 4.39 Å². The molecule has 0 radical (unpaired) electrons. The number of halogens is 3. The Bertz CT molecular complexity index is 647. The number of hydrogen-bond acceptors (Lipinski definition) is 2. The summed E-state index contributed by atoms with van der Waals surface area (Å²) in [5.41, 5.74) is 5.55. The third-order valence-corrected chi connectivity index (χ3v) is 3.57. The van der Waals surface area contributed by atoms with Crippen molar-refractivity contribution in [3.05, 3.63) is 56.7 Å². The molecule has 0 aliphatic heterocycles. The van der Waals surface area contributed by atoms with Crippen molar-refractivity contribution < 1.29 is 13.9 Å². The molecule has 2 N–H and O–H groups in total. The van der Waals surface area contributed by atoms with Crippen molar-refractivity contribution in [3.8, 4) is 11.5 Å². The van der Waals surface area contributed by atoms with E-state index in [0.717, 1.165) is 0 Å². The molecule has 0 aliphatic rings. The van der Waals surface area contributed by atoms with Gasteiger partial charge in [-0.05, 0) is 68.3 Å². The van der Waals surface area contributed by atoms with Gasteiger partial charge in [0.05, 0.1) is 8.95 Å². The number of primary amides is 1. The molecule has 0 unspecified atom stereocenters. The number of ether oxygens (including phenoxy) is 1. The summed E-state index contributed by atoms with van der Waals surface area (Å²) in [6, 6.07) is 8.84. The predicted molar refractivity (Wildman–Crippen MR) is 76.8 cm³/mol. The van der Waals surface area contributed by atoms with E-state index >= 15 is 0 Å². The fourth-order valence-electron chi connectivity index (χ4n) is 1.41. The maximum absolute atomic E-state index is 13.0. The molecular formula is C13H8Br2FNO2. The zero-order valence-electron chi connectivity index (χ0n) is 9.49. The van der Waals surface area contributed by atoms with Gasteiger partial charge in [0.1, 0.15) is 17.3 Å². The Balaban J connectivity index is 2.31. The average Bonchev–Trinajstić information content (AvgIpc) is 2.34. The van der Waals surface area contributed by atoms with E-state index < -0.39 is 5.91 Å². The molecule has 3 nitrogen and oxygen atoms in total. The summed E-state index contributed by atoms with van der Waals surface area (Å²) in [5, 5.41) is 0. The summed E-state index contributed by atoms with van der Waals surface area (Å²) in [4.78, 5) is 11.0. The number of benzene rings is 2. The molecule has 19 heavy (non-hydrogen) atoms. The highest BCUT2D eigenvalue weighted by molar-refractivity contribution is 9.11. The molecule has 0 fully saturated rings. The molecule has 0 aromatic heterocycles. The van der Waals surface area contributed by atoms with E-state index in [9.17, 15) is 9.18 Å². The summed E-state index contributed by atoms with van der Waals surface area (Å²) in [7, 11) is 0. The van der Waals surface area contributed by atoms with Crippen LogP contribution in [-0.4, -0.2) is 5.91 Å². The van der Waals surface area contributed by atoms with Crippen LogP contribution in [0.4, 0.5) is 4.39 Å². The molecule has 0 atom stereocenters. The van der Waals surface area contributed by atoms with Gasteiger partial charge < -0.3 is 10.5 Å². The quantitative estimate of drug-likeness (QED) is 0.854. The summed E-state index contributed by atoms with van der Waals surface area (Å²) in [5.74, 6) is 0.0869. The summed E-state index contributed by atoms with van der Waals surface area (Å²) in [6.07, 6.45) is 0. The van der Waals surface area contributed by atoms with Gasteiger partial charge in [-0.15, -0.1) is 0 Å². The standard InChI is InChI=1S/C13H8Br2FNO2/c14-9-5-7(13(17)18)1-3-11(9)19-12-4-2-8(16)6-10(12)15/h1-6H,(H2,17,18). The van der Waals surface area contributed by atoms with Crippen LogP contribution < -0.4 is 10.5 Å². The third kappa shape index (κ3) is 3.33. The monoisotopic (exact) mass is 387 g/mol. The number of hydrogen-bond donors (Lipinski definition) is 1. The number of carbonyl (C=O) groups is 1. The molecule has 2 rings (SSSR count). The molecule has 0 saturated carbocycles. The number of amides is 1. The lowest BCUT2D eigenvalue weighted by molar-refractivity contribution is 0.1000. The van der Waals surface area contributed by atoms with Crippen LogP contribution in [0.5, 0.6) is 11.5 Å². The highest BCUT2D eigenvalue weighted by atomic mass is 79.9. The van der Waals surface area contributed by atoms with Gasteiger partial charge in [-0.2, -0.15) is 0 Å². The predicted octanol–water partition coefficient (Wildman–Crippen LogP) is 4.24. The first-order valence-electron chi connectivity index (χ1n) is 5.19. The summed E-state index contributed by atoms with van der Waals surface area (Å²) in [6.45, 7) is 0. The highest BCUT2D eigenvalue weighted by Gasteiger charge is 2.09. The van der Waals surface area contributed by atoms with E-state index in [4.69, 9.17) is 10.5 Å². The lowest BCUT2D eigenvalue weighted by atomic mass is 10.2. The maximum atomic E-state index is 13.0. The van der Waals surface area contributed by atoms with E-state index in [1.54, 1.807) is 18.2 Å². The third-order valence-electron chi connectivity index (χ3n) is 2.33. The second-order valence-corrected chi connectivity index (χ2v) is 5.39. The van der Waals surface area contributed by atoms with Crippen molar-refractivity contribution in [2.45, 2.75) is 0 Å². The Kier molecular flexibility index (Phi) is 4.21. The van der Waals surface area contributed by atoms with Gasteiger partial charge >= 0.3 is 0 Å². The van der Waals surface area contributed by atoms with Gasteiger partial charge in [0.15, 0.2) is 0 Å². The molecule has 0 heterocycles. The van der Waals surface area contributed by atoms with Crippen LogP contribution in [-0.2, 0) is 0 Å². The van der Waals surface area contributed by atoms with Gasteiger partial charge in [-0.3, -0.25) is 4.79 Å². The van der Waals surface area contributed by atoms with Crippen LogP contribution in [0.3, 0.4) is 0 Å². The SMILES string of the molecule is NC(=O)c1ccc(Oc2ccc(F)cc2Br)c(Br)c1. The van der Waals surface area contributed by atoms with Crippen LogP contribution >= 0.6 is 31.9 Å². The average molecular weight is 389 g/mol. The number of carbonyl (C=O) groups excluding carboxylic acids is 1. The van der Waals surface area contributed by atoms with Crippen LogP contribution in [0.2, 0.25) is 0 Å². The first-order chi connectivity index (χ1) is 8.97. The van der Waals surface area contributed by atoms with Crippen molar-refractivity contribution >= 4 is 37.8 Å². The minimum Gasteiger partial charge on any atom is -0.455 e. The minimum absolute atomic E-state index is 0.359. The van der Waals surface area contributed by atoms with Crippen molar-refractivity contribution in [2.24, 2.45) is 5.73 Å². The zero-order chi connectivity index (χ0) is 14.0. The van der Waals surface area contributed by atoms with Gasteiger partial charge in [0.25, 0.3) is 0 Å². The molecule has 2 aromatic carbocycles. The molecule has 1 amide bonds. The van der Waals surface area contributed by atoms with Gasteiger partial charge in [0, 0.05) is 5.56 Å². The second kappa shape index (κ2) is 5.71. The van der Waals surface area contributed by atoms with E-state index in [0.29, 0.717) is 26.0 Å². The van der Waals surface area contributed by atoms with Crippen molar-refractivity contribution in [1.29, 1.82) is 0 Å². The normalized spacial score (nSPS) is 10.3. The lowest BCUT2D eigenvalue weighted by Gasteiger charge is -2.10. The fourth-order valence-corrected chi connectivity index (χ4v) is 2.30. The Morgan fingerprint density at radius 2 is 1.63 bits per heavy atom. The van der Waals surface area contributed by atoms with Crippen LogP contribution in [0.15, 0.2) is 45.3 Å². The van der Waals surface area contributed by atoms with Gasteiger partial charge in [-0.1, -0.05) is 0 Å². The number of nitrogens with two attached hydrogens (primary N) is 1. The first kappa shape index (κ1) is 14.0. The Morgan fingerprint density at radius 3 is 2.16 bits per heavy atom. The molecule has 2 aromatic rings. The Labute approximate surface area is 125 Å². The van der Waals surface area contributed by atoms with Crippen LogP contribution in [0.25, 0.3) is 0 Å². The molecule has 6 heteroatoms.